The number of ether oxygens (including phenoxy) is 2. The Bertz CT molecular complexity index is 465. The van der Waals surface area contributed by atoms with Crippen LogP contribution in [0.25, 0.3) is 0 Å². The summed E-state index contributed by atoms with van der Waals surface area (Å²) in [5.41, 5.74) is 0. The lowest BCUT2D eigenvalue weighted by atomic mass is 9.78. The van der Waals surface area contributed by atoms with E-state index in [1.54, 1.807) is 0 Å². The fraction of sp³-hybridized carbons (Fsp3) is 1.00. The van der Waals surface area contributed by atoms with E-state index in [1.165, 1.54) is 0 Å². The zero-order chi connectivity index (χ0) is 19.2. The van der Waals surface area contributed by atoms with Crippen molar-refractivity contribution in [3.8, 4) is 0 Å². The van der Waals surface area contributed by atoms with Gasteiger partial charge < -0.3 is 19.7 Å². The fourth-order valence-electron chi connectivity index (χ4n) is 5.81. The van der Waals surface area contributed by atoms with Gasteiger partial charge in [0.15, 0.2) is 5.79 Å². The summed E-state index contributed by atoms with van der Waals surface area (Å²) in [7, 11) is 0. The van der Waals surface area contributed by atoms with Crippen LogP contribution in [0.3, 0.4) is 0 Å². The molecular weight excluding hydrogens is 330 g/mol. The van der Waals surface area contributed by atoms with E-state index in [2.05, 4.69) is 34.6 Å². The van der Waals surface area contributed by atoms with Crippen molar-refractivity contribution in [3.05, 3.63) is 0 Å². The first-order valence-electron chi connectivity index (χ1n) is 10.7. The molecule has 1 saturated carbocycles. The minimum Gasteiger partial charge on any atom is -0.378 e. The standard InChI is InChI=1S/C21H39NO4/c1-7-10-21(6)25-15-9-8-14(11-16(15)26-21)22-19(23)17(12(2)3)18(13(4)5)20(22)24/h12-20,23-24H,7-11H2,1-6H3. The van der Waals surface area contributed by atoms with Crippen LogP contribution in [-0.4, -0.2) is 51.6 Å². The second-order valence-electron chi connectivity index (χ2n) is 9.58. The lowest BCUT2D eigenvalue weighted by molar-refractivity contribution is -0.166. The third-order valence-corrected chi connectivity index (χ3v) is 6.91. The van der Waals surface area contributed by atoms with E-state index in [4.69, 9.17) is 9.47 Å². The van der Waals surface area contributed by atoms with Gasteiger partial charge in [0.2, 0.25) is 0 Å². The lowest BCUT2D eigenvalue weighted by Gasteiger charge is -2.39. The van der Waals surface area contributed by atoms with Crippen LogP contribution in [0.2, 0.25) is 0 Å². The molecule has 1 aliphatic carbocycles. The van der Waals surface area contributed by atoms with Gasteiger partial charge in [-0.15, -0.1) is 0 Å². The third-order valence-electron chi connectivity index (χ3n) is 6.91. The van der Waals surface area contributed by atoms with E-state index in [1.807, 2.05) is 11.8 Å². The minimum absolute atomic E-state index is 0.0697. The molecule has 0 spiro atoms. The summed E-state index contributed by atoms with van der Waals surface area (Å²) in [6.45, 7) is 12.8. The van der Waals surface area contributed by atoms with E-state index in [-0.39, 0.29) is 30.1 Å². The molecule has 3 rings (SSSR count). The SMILES string of the molecule is CCCC1(C)OC2CCC(N3C(O)C(C(C)C)C(C(C)C)C3O)CC2O1. The Labute approximate surface area is 159 Å². The van der Waals surface area contributed by atoms with Crippen molar-refractivity contribution in [2.24, 2.45) is 23.7 Å². The van der Waals surface area contributed by atoms with E-state index in [0.717, 1.165) is 32.1 Å². The molecule has 0 aromatic rings. The molecule has 2 N–H and O–H groups in total. The molecule has 5 heteroatoms. The first-order valence-corrected chi connectivity index (χ1v) is 10.7. The van der Waals surface area contributed by atoms with Gasteiger partial charge in [0.05, 0.1) is 12.2 Å². The summed E-state index contributed by atoms with van der Waals surface area (Å²) in [6.07, 6.45) is 3.71. The lowest BCUT2D eigenvalue weighted by Crippen LogP contribution is -2.50. The molecule has 5 nitrogen and oxygen atoms in total. The summed E-state index contributed by atoms with van der Waals surface area (Å²) in [4.78, 5) is 1.99. The molecule has 0 radical (unpaired) electrons. The van der Waals surface area contributed by atoms with Crippen molar-refractivity contribution in [1.82, 2.24) is 4.90 Å². The average Bonchev–Trinajstić information content (AvgIpc) is 3.00. The van der Waals surface area contributed by atoms with Gasteiger partial charge in [-0.2, -0.15) is 0 Å². The summed E-state index contributed by atoms with van der Waals surface area (Å²) in [5, 5.41) is 22.2. The van der Waals surface area contributed by atoms with E-state index in [9.17, 15) is 10.2 Å². The molecule has 0 aromatic heterocycles. The zero-order valence-electron chi connectivity index (χ0n) is 17.4. The van der Waals surface area contributed by atoms with Gasteiger partial charge >= 0.3 is 0 Å². The highest BCUT2D eigenvalue weighted by molar-refractivity contribution is 5.00. The van der Waals surface area contributed by atoms with Crippen molar-refractivity contribution in [2.75, 3.05) is 0 Å². The maximum atomic E-state index is 11.1. The first kappa shape index (κ1) is 20.5. The number of likely N-dealkylation sites (tertiary alicyclic amines) is 1. The Morgan fingerprint density at radius 2 is 1.50 bits per heavy atom. The Morgan fingerprint density at radius 1 is 0.962 bits per heavy atom. The molecular formula is C21H39NO4. The van der Waals surface area contributed by atoms with E-state index < -0.39 is 18.2 Å². The second-order valence-corrected chi connectivity index (χ2v) is 9.58. The summed E-state index contributed by atoms with van der Waals surface area (Å²) in [5.74, 6) is 0.421. The predicted molar refractivity (Wildman–Crippen MR) is 101 cm³/mol. The highest BCUT2D eigenvalue weighted by Gasteiger charge is 2.54. The largest absolute Gasteiger partial charge is 0.378 e. The van der Waals surface area contributed by atoms with Gasteiger partial charge in [-0.05, 0) is 38.0 Å². The Balaban J connectivity index is 1.74. The number of fused-ring (bicyclic) bond motifs is 1. The van der Waals surface area contributed by atoms with Crippen LogP contribution in [-0.2, 0) is 9.47 Å². The molecule has 152 valence electrons. The molecule has 26 heavy (non-hydrogen) atoms. The van der Waals surface area contributed by atoms with E-state index >= 15 is 0 Å². The molecule has 2 aliphatic heterocycles. The van der Waals surface area contributed by atoms with Crippen LogP contribution < -0.4 is 0 Å². The van der Waals surface area contributed by atoms with Crippen molar-refractivity contribution in [1.29, 1.82) is 0 Å². The maximum absolute atomic E-state index is 11.1. The maximum Gasteiger partial charge on any atom is 0.166 e. The molecule has 0 amide bonds. The summed E-state index contributed by atoms with van der Waals surface area (Å²) >= 11 is 0. The van der Waals surface area contributed by atoms with Gasteiger partial charge in [0.25, 0.3) is 0 Å². The number of rotatable bonds is 5. The number of aliphatic hydroxyl groups is 2. The van der Waals surface area contributed by atoms with Gasteiger partial charge in [-0.1, -0.05) is 41.0 Å². The van der Waals surface area contributed by atoms with Gasteiger partial charge in [-0.3, -0.25) is 0 Å². The van der Waals surface area contributed by atoms with Crippen molar-refractivity contribution >= 4 is 0 Å². The van der Waals surface area contributed by atoms with Crippen LogP contribution in [0.15, 0.2) is 0 Å². The van der Waals surface area contributed by atoms with Crippen molar-refractivity contribution in [2.45, 2.75) is 110 Å². The van der Waals surface area contributed by atoms with Crippen molar-refractivity contribution < 1.29 is 19.7 Å². The van der Waals surface area contributed by atoms with Crippen LogP contribution >= 0.6 is 0 Å². The molecule has 2 heterocycles. The number of hydrogen-bond acceptors (Lipinski definition) is 5. The summed E-state index contributed by atoms with van der Waals surface area (Å²) in [6, 6.07) is 0.152. The average molecular weight is 370 g/mol. The quantitative estimate of drug-likeness (QED) is 0.778. The van der Waals surface area contributed by atoms with Gasteiger partial charge in [0.1, 0.15) is 12.5 Å². The van der Waals surface area contributed by atoms with Gasteiger partial charge in [0, 0.05) is 24.3 Å². The van der Waals surface area contributed by atoms with Crippen LogP contribution in [0.4, 0.5) is 0 Å². The first-order chi connectivity index (χ1) is 12.2. The Morgan fingerprint density at radius 3 is 2.00 bits per heavy atom. The topological polar surface area (TPSA) is 62.2 Å². The number of aliphatic hydroxyl groups excluding tert-OH is 2. The molecule has 3 aliphatic rings. The highest BCUT2D eigenvalue weighted by Crippen LogP contribution is 2.47. The monoisotopic (exact) mass is 369 g/mol. The molecule has 0 aromatic carbocycles. The third kappa shape index (κ3) is 3.58. The molecule has 8 atom stereocenters. The number of hydrogen-bond donors (Lipinski definition) is 2. The fourth-order valence-corrected chi connectivity index (χ4v) is 5.81. The molecule has 0 bridgehead atoms. The van der Waals surface area contributed by atoms with E-state index in [0.29, 0.717) is 11.8 Å². The summed E-state index contributed by atoms with van der Waals surface area (Å²) < 4.78 is 12.5. The van der Waals surface area contributed by atoms with Crippen LogP contribution in [0.1, 0.15) is 73.6 Å². The smallest absolute Gasteiger partial charge is 0.166 e. The Hall–Kier alpha value is -0.200. The Kier molecular flexibility index (Phi) is 6.06. The molecule has 8 unspecified atom stereocenters. The normalized spacial score (nSPS) is 47.1. The minimum atomic E-state index is -0.580. The second kappa shape index (κ2) is 7.67. The van der Waals surface area contributed by atoms with Gasteiger partial charge in [-0.25, -0.2) is 4.90 Å². The van der Waals surface area contributed by atoms with Crippen LogP contribution in [0.5, 0.6) is 0 Å². The number of nitrogens with zero attached hydrogens (tertiary/aromatic N) is 1. The predicted octanol–water partition coefficient (Wildman–Crippen LogP) is 3.34. The highest BCUT2D eigenvalue weighted by atomic mass is 16.8. The molecule has 2 saturated heterocycles. The van der Waals surface area contributed by atoms with Crippen LogP contribution in [0, 0.1) is 23.7 Å². The van der Waals surface area contributed by atoms with Crippen molar-refractivity contribution in [3.63, 3.8) is 0 Å². The molecule has 3 fully saturated rings. The zero-order valence-corrected chi connectivity index (χ0v) is 17.4.